The number of nitrogens with one attached hydrogen (secondary N) is 2. The molecule has 2 amide bonds. The fourth-order valence-electron chi connectivity index (χ4n) is 3.79. The zero-order chi connectivity index (χ0) is 25.7. The van der Waals surface area contributed by atoms with E-state index in [1.807, 2.05) is 6.92 Å². The van der Waals surface area contributed by atoms with Crippen LogP contribution in [0.1, 0.15) is 33.3 Å². The minimum absolute atomic E-state index is 0.0199. The second kappa shape index (κ2) is 10.9. The highest BCUT2D eigenvalue weighted by molar-refractivity contribution is 6.30. The third-order valence-corrected chi connectivity index (χ3v) is 5.96. The molecule has 1 atom stereocenters. The molecule has 0 spiro atoms. The molecule has 188 valence electrons. The van der Waals surface area contributed by atoms with Crippen LogP contribution in [0.2, 0.25) is 5.02 Å². The normalized spacial score (nSPS) is 16.1. The van der Waals surface area contributed by atoms with E-state index >= 15 is 0 Å². The molecule has 1 aliphatic rings. The highest BCUT2D eigenvalue weighted by atomic mass is 35.5. The van der Waals surface area contributed by atoms with E-state index in [1.165, 1.54) is 12.4 Å². The van der Waals surface area contributed by atoms with E-state index in [0.29, 0.717) is 48.7 Å². The number of hydrogen-bond donors (Lipinski definition) is 3. The number of nitrogens with zero attached hydrogens (tertiary/aromatic N) is 2. The van der Waals surface area contributed by atoms with Crippen molar-refractivity contribution in [2.24, 2.45) is 5.73 Å². The first-order valence-corrected chi connectivity index (χ1v) is 11.6. The summed E-state index contributed by atoms with van der Waals surface area (Å²) in [4.78, 5) is 34.4. The number of aromatic nitrogens is 2. The predicted molar refractivity (Wildman–Crippen MR) is 135 cm³/mol. The van der Waals surface area contributed by atoms with Gasteiger partial charge in [0.15, 0.2) is 5.69 Å². The Labute approximate surface area is 213 Å². The fraction of sp³-hybridized carbons (Fsp3) is 0.280. The first-order chi connectivity index (χ1) is 17.4. The molecule has 0 aliphatic carbocycles. The van der Waals surface area contributed by atoms with E-state index in [-0.39, 0.29) is 16.9 Å². The number of halogens is 1. The lowest BCUT2D eigenvalue weighted by atomic mass is 9.83. The van der Waals surface area contributed by atoms with Crippen LogP contribution in [0.3, 0.4) is 0 Å². The molecule has 3 aromatic rings. The first-order valence-electron chi connectivity index (χ1n) is 11.2. The van der Waals surface area contributed by atoms with Gasteiger partial charge in [0, 0.05) is 37.0 Å². The number of hydrogen-bond acceptors (Lipinski definition) is 8. The summed E-state index contributed by atoms with van der Waals surface area (Å²) >= 11 is 5.85. The number of methoxy groups -OCH3 is 1. The summed E-state index contributed by atoms with van der Waals surface area (Å²) in [6, 6.07) is 9.70. The van der Waals surface area contributed by atoms with Crippen LogP contribution in [0.4, 0.5) is 11.5 Å². The number of pyridine rings is 2. The molecule has 4 rings (SSSR count). The van der Waals surface area contributed by atoms with E-state index in [4.69, 9.17) is 31.5 Å². The van der Waals surface area contributed by atoms with Crippen LogP contribution in [0.25, 0.3) is 0 Å². The van der Waals surface area contributed by atoms with Gasteiger partial charge in [0.2, 0.25) is 0 Å². The SMILES string of the molecule is COCCOc1ccc(C(=O)Nc2cccnc2C(=O)Nc2ccc(Cl)cn2)c2c1C(C)(CN)CO2. The van der Waals surface area contributed by atoms with Gasteiger partial charge in [0.1, 0.15) is 23.9 Å². The van der Waals surface area contributed by atoms with Gasteiger partial charge in [-0.05, 0) is 36.4 Å². The molecule has 4 N–H and O–H groups in total. The molecule has 1 aromatic carbocycles. The summed E-state index contributed by atoms with van der Waals surface area (Å²) in [5, 5.41) is 5.86. The summed E-state index contributed by atoms with van der Waals surface area (Å²) in [5.41, 5.74) is 6.79. The quantitative estimate of drug-likeness (QED) is 0.372. The Morgan fingerprint density at radius 1 is 1.14 bits per heavy atom. The third kappa shape index (κ3) is 5.25. The topological polar surface area (TPSA) is 138 Å². The smallest absolute Gasteiger partial charge is 0.277 e. The Hall–Kier alpha value is -3.73. The maximum Gasteiger partial charge on any atom is 0.277 e. The molecule has 3 heterocycles. The number of nitrogens with two attached hydrogens (primary N) is 1. The van der Waals surface area contributed by atoms with Crippen LogP contribution in [-0.4, -0.2) is 55.3 Å². The molecular formula is C25H26ClN5O5. The average Bonchev–Trinajstić information content (AvgIpc) is 3.24. The van der Waals surface area contributed by atoms with Gasteiger partial charge in [0.05, 0.1) is 29.5 Å². The van der Waals surface area contributed by atoms with E-state index in [0.717, 1.165) is 5.56 Å². The van der Waals surface area contributed by atoms with Crippen LogP contribution in [0.5, 0.6) is 11.5 Å². The molecule has 2 aromatic heterocycles. The molecule has 0 bridgehead atoms. The van der Waals surface area contributed by atoms with Gasteiger partial charge in [-0.15, -0.1) is 0 Å². The summed E-state index contributed by atoms with van der Waals surface area (Å²) in [7, 11) is 1.59. The monoisotopic (exact) mass is 511 g/mol. The highest BCUT2D eigenvalue weighted by Gasteiger charge is 2.41. The van der Waals surface area contributed by atoms with Gasteiger partial charge < -0.3 is 30.6 Å². The van der Waals surface area contributed by atoms with Crippen LogP contribution in [0.15, 0.2) is 48.8 Å². The van der Waals surface area contributed by atoms with Crippen molar-refractivity contribution in [3.8, 4) is 11.5 Å². The van der Waals surface area contributed by atoms with Crippen molar-refractivity contribution >= 4 is 34.9 Å². The van der Waals surface area contributed by atoms with Gasteiger partial charge in [-0.2, -0.15) is 0 Å². The lowest BCUT2D eigenvalue weighted by molar-refractivity contribution is 0.102. The van der Waals surface area contributed by atoms with Gasteiger partial charge in [-0.1, -0.05) is 18.5 Å². The molecule has 36 heavy (non-hydrogen) atoms. The number of rotatable bonds is 9. The molecule has 1 unspecified atom stereocenters. The van der Waals surface area contributed by atoms with Crippen molar-refractivity contribution in [3.63, 3.8) is 0 Å². The number of carbonyl (C=O) groups is 2. The van der Waals surface area contributed by atoms with Crippen molar-refractivity contribution in [2.45, 2.75) is 12.3 Å². The second-order valence-electron chi connectivity index (χ2n) is 8.38. The minimum atomic E-state index is -0.542. The molecule has 0 fully saturated rings. The molecule has 0 radical (unpaired) electrons. The van der Waals surface area contributed by atoms with Crippen molar-refractivity contribution in [1.29, 1.82) is 0 Å². The lowest BCUT2D eigenvalue weighted by Crippen LogP contribution is -2.33. The largest absolute Gasteiger partial charge is 0.491 e. The van der Waals surface area contributed by atoms with Gasteiger partial charge in [-0.3, -0.25) is 9.59 Å². The van der Waals surface area contributed by atoms with E-state index in [2.05, 4.69) is 20.6 Å². The molecule has 1 aliphatic heterocycles. The zero-order valence-electron chi connectivity index (χ0n) is 19.8. The number of fused-ring (bicyclic) bond motifs is 1. The standard InChI is InChI=1S/C25H26ClN5O5/c1-25(13-27)14-36-22-16(6-7-18(20(22)25)35-11-10-34-2)23(32)30-17-4-3-9-28-21(17)24(33)31-19-8-5-15(26)12-29-19/h3-9,12H,10-11,13-14,27H2,1-2H3,(H,30,32)(H,29,31,33). The predicted octanol–water partition coefficient (Wildman–Crippen LogP) is 3.27. The molecule has 0 saturated carbocycles. The molecule has 11 heteroatoms. The van der Waals surface area contributed by atoms with E-state index in [1.54, 1.807) is 43.5 Å². The number of amides is 2. The van der Waals surface area contributed by atoms with Crippen LogP contribution in [0, 0.1) is 0 Å². The third-order valence-electron chi connectivity index (χ3n) is 5.74. The van der Waals surface area contributed by atoms with Crippen LogP contribution < -0.4 is 25.8 Å². The summed E-state index contributed by atoms with van der Waals surface area (Å²) in [5.74, 6) is 0.266. The molecular weight excluding hydrogens is 486 g/mol. The van der Waals surface area contributed by atoms with Crippen molar-refractivity contribution in [1.82, 2.24) is 9.97 Å². The van der Waals surface area contributed by atoms with Crippen molar-refractivity contribution in [2.75, 3.05) is 44.1 Å². The van der Waals surface area contributed by atoms with Gasteiger partial charge in [-0.25, -0.2) is 9.97 Å². The Kier molecular flexibility index (Phi) is 7.68. The fourth-order valence-corrected chi connectivity index (χ4v) is 3.90. The zero-order valence-corrected chi connectivity index (χ0v) is 20.6. The Morgan fingerprint density at radius 2 is 1.97 bits per heavy atom. The second-order valence-corrected chi connectivity index (χ2v) is 8.82. The van der Waals surface area contributed by atoms with Crippen LogP contribution >= 0.6 is 11.6 Å². The van der Waals surface area contributed by atoms with E-state index < -0.39 is 17.2 Å². The first kappa shape index (κ1) is 25.4. The summed E-state index contributed by atoms with van der Waals surface area (Å²) < 4.78 is 16.9. The Morgan fingerprint density at radius 3 is 2.69 bits per heavy atom. The number of ether oxygens (including phenoxy) is 3. The molecule has 0 saturated heterocycles. The van der Waals surface area contributed by atoms with Gasteiger partial charge in [0.25, 0.3) is 11.8 Å². The highest BCUT2D eigenvalue weighted by Crippen LogP contribution is 2.46. The Bertz CT molecular complexity index is 1270. The number of carbonyl (C=O) groups excluding carboxylic acids is 2. The van der Waals surface area contributed by atoms with E-state index in [9.17, 15) is 9.59 Å². The number of anilines is 2. The van der Waals surface area contributed by atoms with Crippen molar-refractivity contribution in [3.05, 3.63) is 70.6 Å². The average molecular weight is 512 g/mol. The molecule has 10 nitrogen and oxygen atoms in total. The summed E-state index contributed by atoms with van der Waals surface area (Å²) in [6.07, 6.45) is 2.87. The number of benzene rings is 1. The maximum absolute atomic E-state index is 13.3. The van der Waals surface area contributed by atoms with Gasteiger partial charge >= 0.3 is 0 Å². The maximum atomic E-state index is 13.3. The summed E-state index contributed by atoms with van der Waals surface area (Å²) in [6.45, 7) is 3.31. The minimum Gasteiger partial charge on any atom is -0.491 e. The van der Waals surface area contributed by atoms with Crippen molar-refractivity contribution < 1.29 is 23.8 Å². The lowest BCUT2D eigenvalue weighted by Gasteiger charge is -2.23. The van der Waals surface area contributed by atoms with Crippen LogP contribution in [-0.2, 0) is 10.2 Å². The Balaban J connectivity index is 1.60.